The minimum atomic E-state index is -3.72. The number of anilines is 1. The van der Waals surface area contributed by atoms with Crippen LogP contribution >= 0.6 is 22.6 Å². The smallest absolute Gasteiger partial charge is 0.244 e. The largest absolute Gasteiger partial charge is 0.355 e. The number of nitrogens with one attached hydrogen (secondary N) is 1. The molecule has 9 heteroatoms. The maximum Gasteiger partial charge on any atom is 0.244 e. The molecule has 7 nitrogen and oxygen atoms in total. The van der Waals surface area contributed by atoms with Gasteiger partial charge in [-0.3, -0.25) is 13.9 Å². The van der Waals surface area contributed by atoms with Crippen molar-refractivity contribution in [2.75, 3.05) is 23.7 Å². The van der Waals surface area contributed by atoms with Crippen molar-refractivity contribution in [2.24, 2.45) is 0 Å². The average molecular weight is 571 g/mol. The normalized spacial score (nSPS) is 12.2. The molecule has 0 aliphatic rings. The van der Waals surface area contributed by atoms with Crippen LogP contribution in [0.2, 0.25) is 0 Å². The van der Waals surface area contributed by atoms with Crippen molar-refractivity contribution in [3.63, 3.8) is 0 Å². The van der Waals surface area contributed by atoms with E-state index in [2.05, 4.69) is 27.9 Å². The van der Waals surface area contributed by atoms with Gasteiger partial charge >= 0.3 is 0 Å². The van der Waals surface area contributed by atoms with E-state index in [4.69, 9.17) is 0 Å². The third-order valence-electron chi connectivity index (χ3n) is 5.00. The van der Waals surface area contributed by atoms with Crippen molar-refractivity contribution in [3.8, 4) is 0 Å². The molecule has 2 amide bonds. The Morgan fingerprint density at radius 1 is 1.03 bits per heavy atom. The second-order valence-corrected chi connectivity index (χ2v) is 10.7. The highest BCUT2D eigenvalue weighted by atomic mass is 127. The van der Waals surface area contributed by atoms with Gasteiger partial charge in [0, 0.05) is 16.7 Å². The Kier molecular flexibility index (Phi) is 9.50. The molecule has 0 spiro atoms. The zero-order chi connectivity index (χ0) is 23.9. The number of carbonyl (C=O) groups excluding carboxylic acids is 2. The van der Waals surface area contributed by atoms with Gasteiger partial charge in [0.15, 0.2) is 0 Å². The van der Waals surface area contributed by atoms with Crippen molar-refractivity contribution < 1.29 is 18.0 Å². The van der Waals surface area contributed by atoms with E-state index in [0.29, 0.717) is 18.7 Å². The minimum Gasteiger partial charge on any atom is -0.355 e. The van der Waals surface area contributed by atoms with Gasteiger partial charge in [-0.15, -0.1) is 0 Å². The third kappa shape index (κ3) is 7.19. The quantitative estimate of drug-likeness (QED) is 0.444. The fourth-order valence-electron chi connectivity index (χ4n) is 3.32. The third-order valence-corrected chi connectivity index (χ3v) is 6.86. The lowest BCUT2D eigenvalue weighted by atomic mass is 10.1. The molecule has 0 saturated heterocycles. The molecule has 0 fully saturated rings. The Morgan fingerprint density at radius 2 is 1.62 bits per heavy atom. The summed E-state index contributed by atoms with van der Waals surface area (Å²) in [4.78, 5) is 27.6. The molecule has 32 heavy (non-hydrogen) atoms. The number of benzene rings is 2. The van der Waals surface area contributed by atoms with Gasteiger partial charge in [-0.1, -0.05) is 36.8 Å². The molecular formula is C23H30IN3O4S. The lowest BCUT2D eigenvalue weighted by Crippen LogP contribution is -2.52. The van der Waals surface area contributed by atoms with E-state index in [0.717, 1.165) is 25.3 Å². The van der Waals surface area contributed by atoms with Gasteiger partial charge in [-0.2, -0.15) is 0 Å². The maximum atomic E-state index is 13.5. The molecule has 2 aromatic carbocycles. The van der Waals surface area contributed by atoms with Crippen LogP contribution in [-0.4, -0.2) is 50.5 Å². The Labute approximate surface area is 204 Å². The Balaban J connectivity index is 2.40. The van der Waals surface area contributed by atoms with Crippen molar-refractivity contribution in [1.29, 1.82) is 0 Å². The summed E-state index contributed by atoms with van der Waals surface area (Å²) in [6.45, 7) is 5.89. The molecule has 0 aromatic heterocycles. The van der Waals surface area contributed by atoms with Gasteiger partial charge in [0.25, 0.3) is 0 Å². The van der Waals surface area contributed by atoms with Gasteiger partial charge in [0.05, 0.1) is 11.9 Å². The van der Waals surface area contributed by atoms with Crippen LogP contribution in [0.15, 0.2) is 48.5 Å². The van der Waals surface area contributed by atoms with Crippen LogP contribution in [0, 0.1) is 10.5 Å². The topological polar surface area (TPSA) is 86.8 Å². The zero-order valence-electron chi connectivity index (χ0n) is 18.8. The van der Waals surface area contributed by atoms with Crippen molar-refractivity contribution in [2.45, 2.75) is 39.8 Å². The van der Waals surface area contributed by atoms with Gasteiger partial charge in [-0.05, 0) is 72.7 Å². The zero-order valence-corrected chi connectivity index (χ0v) is 21.8. The number of sulfonamides is 1. The number of hydrogen-bond acceptors (Lipinski definition) is 4. The van der Waals surface area contributed by atoms with E-state index in [-0.39, 0.29) is 19.0 Å². The minimum absolute atomic E-state index is 0.207. The molecule has 0 aliphatic heterocycles. The highest BCUT2D eigenvalue weighted by Crippen LogP contribution is 2.21. The second kappa shape index (κ2) is 11.6. The van der Waals surface area contributed by atoms with Crippen LogP contribution in [0.3, 0.4) is 0 Å². The number of halogens is 1. The summed E-state index contributed by atoms with van der Waals surface area (Å²) in [5.74, 6) is -0.691. The molecule has 0 bridgehead atoms. The van der Waals surface area contributed by atoms with Crippen LogP contribution in [0.4, 0.5) is 5.69 Å². The Morgan fingerprint density at radius 3 is 2.12 bits per heavy atom. The van der Waals surface area contributed by atoms with E-state index in [1.54, 1.807) is 24.3 Å². The number of carbonyl (C=O) groups is 2. The lowest BCUT2D eigenvalue weighted by Gasteiger charge is -2.32. The predicted molar refractivity (Wildman–Crippen MR) is 136 cm³/mol. The molecule has 1 atom stereocenters. The van der Waals surface area contributed by atoms with Crippen LogP contribution in [0.25, 0.3) is 0 Å². The summed E-state index contributed by atoms with van der Waals surface area (Å²) >= 11 is 2.13. The predicted octanol–water partition coefficient (Wildman–Crippen LogP) is 3.31. The number of hydrogen-bond donors (Lipinski definition) is 1. The molecule has 1 N–H and O–H groups in total. The standard InChI is InChI=1S/C23H30IN3O4S/c1-5-21(23(29)25-6-2)26(15-18-9-7-17(3)8-10-18)22(28)16-27(32(4,30)31)20-13-11-19(24)12-14-20/h7-14,21H,5-6,15-16H2,1-4H3,(H,25,29)/t21-/m1/s1. The first-order valence-corrected chi connectivity index (χ1v) is 13.4. The van der Waals surface area contributed by atoms with E-state index < -0.39 is 22.0 Å². The average Bonchev–Trinajstić information content (AvgIpc) is 2.73. The van der Waals surface area contributed by atoms with E-state index in [9.17, 15) is 18.0 Å². The first-order valence-electron chi connectivity index (χ1n) is 10.4. The highest BCUT2D eigenvalue weighted by Gasteiger charge is 2.31. The SMILES string of the molecule is CCNC(=O)[C@@H](CC)N(Cc1ccc(C)cc1)C(=O)CN(c1ccc(I)cc1)S(C)(=O)=O. The Hall–Kier alpha value is -2.14. The number of amides is 2. The van der Waals surface area contributed by atoms with E-state index in [1.807, 2.05) is 45.0 Å². The molecule has 0 heterocycles. The number of aryl methyl sites for hydroxylation is 1. The molecular weight excluding hydrogens is 541 g/mol. The molecule has 0 saturated carbocycles. The molecule has 2 aromatic rings. The summed E-state index contributed by atoms with van der Waals surface area (Å²) in [5, 5.41) is 2.78. The first kappa shape index (κ1) is 26.1. The van der Waals surface area contributed by atoms with Crippen LogP contribution in [0.5, 0.6) is 0 Å². The summed E-state index contributed by atoms with van der Waals surface area (Å²) in [5.41, 5.74) is 2.36. The molecule has 0 unspecified atom stereocenters. The number of nitrogens with zero attached hydrogens (tertiary/aromatic N) is 2. The van der Waals surface area contributed by atoms with E-state index >= 15 is 0 Å². The van der Waals surface area contributed by atoms with Crippen LogP contribution in [0.1, 0.15) is 31.4 Å². The van der Waals surface area contributed by atoms with Gasteiger partial charge in [-0.25, -0.2) is 8.42 Å². The van der Waals surface area contributed by atoms with Crippen molar-refractivity contribution in [3.05, 3.63) is 63.2 Å². The second-order valence-electron chi connectivity index (χ2n) is 7.57. The first-order chi connectivity index (χ1) is 15.1. The number of rotatable bonds is 10. The maximum absolute atomic E-state index is 13.5. The fourth-order valence-corrected chi connectivity index (χ4v) is 4.53. The van der Waals surface area contributed by atoms with Crippen molar-refractivity contribution in [1.82, 2.24) is 10.2 Å². The molecule has 174 valence electrons. The van der Waals surface area contributed by atoms with Crippen molar-refractivity contribution >= 4 is 50.1 Å². The molecule has 2 rings (SSSR count). The van der Waals surface area contributed by atoms with Gasteiger partial charge < -0.3 is 10.2 Å². The molecule has 0 aliphatic carbocycles. The molecule has 0 radical (unpaired) electrons. The van der Waals surface area contributed by atoms with Gasteiger partial charge in [0.1, 0.15) is 12.6 Å². The highest BCUT2D eigenvalue weighted by molar-refractivity contribution is 14.1. The van der Waals surface area contributed by atoms with Gasteiger partial charge in [0.2, 0.25) is 21.8 Å². The summed E-state index contributed by atoms with van der Waals surface area (Å²) in [6, 6.07) is 13.9. The van der Waals surface area contributed by atoms with Crippen LogP contribution < -0.4 is 9.62 Å². The van der Waals surface area contributed by atoms with E-state index in [1.165, 1.54) is 4.90 Å². The number of likely N-dealkylation sites (N-methyl/N-ethyl adjacent to an activating group) is 1. The summed E-state index contributed by atoms with van der Waals surface area (Å²) in [6.07, 6.45) is 1.48. The Bertz CT molecular complexity index is 1020. The monoisotopic (exact) mass is 571 g/mol. The summed E-state index contributed by atoms with van der Waals surface area (Å²) in [7, 11) is -3.72. The fraction of sp³-hybridized carbons (Fsp3) is 0.391. The van der Waals surface area contributed by atoms with Crippen LogP contribution in [-0.2, 0) is 26.2 Å². The summed E-state index contributed by atoms with van der Waals surface area (Å²) < 4.78 is 27.1. The lowest BCUT2D eigenvalue weighted by molar-refractivity contribution is -0.140.